The zero-order chi connectivity index (χ0) is 16.1. The molecule has 1 aromatic heterocycles. The number of rotatable bonds is 4. The number of urea groups is 1. The molecule has 0 aliphatic carbocycles. The van der Waals surface area contributed by atoms with Gasteiger partial charge in [0, 0.05) is 35.1 Å². The zero-order valence-electron chi connectivity index (χ0n) is 11.8. The summed E-state index contributed by atoms with van der Waals surface area (Å²) in [7, 11) is 0. The number of carboxylic acid groups (broad SMARTS) is 1. The fraction of sp³-hybridized carbons (Fsp3) is 0.214. The Morgan fingerprint density at radius 3 is 2.73 bits per heavy atom. The lowest BCUT2D eigenvalue weighted by Gasteiger charge is -2.10. The molecule has 2 aromatic rings. The van der Waals surface area contributed by atoms with Gasteiger partial charge in [-0.3, -0.25) is 5.32 Å². The van der Waals surface area contributed by atoms with Gasteiger partial charge in [-0.1, -0.05) is 17.7 Å². The lowest BCUT2D eigenvalue weighted by Crippen LogP contribution is -2.28. The van der Waals surface area contributed by atoms with Gasteiger partial charge in [0.05, 0.1) is 0 Å². The van der Waals surface area contributed by atoms with E-state index in [1.165, 1.54) is 0 Å². The number of anilines is 1. The van der Waals surface area contributed by atoms with Gasteiger partial charge < -0.3 is 15.7 Å². The first-order valence-electron chi connectivity index (χ1n) is 6.60. The molecule has 0 radical (unpaired) electrons. The van der Waals surface area contributed by atoms with Gasteiger partial charge in [0.1, 0.15) is 5.82 Å². The number of carbonyl (C=O) groups excluding carboxylic acids is 1. The summed E-state index contributed by atoms with van der Waals surface area (Å²) in [5, 5.41) is 18.1. The van der Waals surface area contributed by atoms with Gasteiger partial charge in [-0.05, 0) is 24.6 Å². The molecular formula is C14H15ClN4O3. The van der Waals surface area contributed by atoms with E-state index < -0.39 is 6.09 Å². The summed E-state index contributed by atoms with van der Waals surface area (Å²) in [5.74, 6) is 0.365. The largest absolute Gasteiger partial charge is 0.465 e. The minimum Gasteiger partial charge on any atom is -0.465 e. The minimum atomic E-state index is -1.11. The van der Waals surface area contributed by atoms with Gasteiger partial charge in [-0.2, -0.15) is 0 Å². The number of hydrogen-bond donors (Lipinski definition) is 4. The lowest BCUT2D eigenvalue weighted by molar-refractivity contribution is 0.194. The Balaban J connectivity index is 2.33. The molecule has 0 bridgehead atoms. The Morgan fingerprint density at radius 2 is 2.05 bits per heavy atom. The van der Waals surface area contributed by atoms with Gasteiger partial charge in [0.15, 0.2) is 0 Å². The summed E-state index contributed by atoms with van der Waals surface area (Å²) >= 11 is 6.17. The van der Waals surface area contributed by atoms with Crippen LogP contribution in [0.2, 0.25) is 5.02 Å². The average molecular weight is 323 g/mol. The number of carbonyl (C=O) groups is 2. The Morgan fingerprint density at radius 1 is 1.27 bits per heavy atom. The van der Waals surface area contributed by atoms with E-state index in [1.54, 1.807) is 24.4 Å². The van der Waals surface area contributed by atoms with Crippen LogP contribution >= 0.6 is 11.6 Å². The van der Waals surface area contributed by atoms with E-state index in [0.29, 0.717) is 22.8 Å². The molecule has 3 amide bonds. The van der Waals surface area contributed by atoms with Crippen LogP contribution in [0.3, 0.4) is 0 Å². The van der Waals surface area contributed by atoms with Crippen molar-refractivity contribution < 1.29 is 14.7 Å². The minimum absolute atomic E-state index is 0.147. The second kappa shape index (κ2) is 6.95. The molecule has 0 aliphatic heterocycles. The third-order valence-corrected chi connectivity index (χ3v) is 3.28. The molecule has 0 atom stereocenters. The second-order valence-corrected chi connectivity index (χ2v) is 4.87. The maximum atomic E-state index is 11.5. The molecule has 0 aliphatic rings. The van der Waals surface area contributed by atoms with Crippen LogP contribution in [0.4, 0.5) is 15.4 Å². The normalized spacial score (nSPS) is 10.3. The number of aromatic nitrogens is 1. The van der Waals surface area contributed by atoms with Crippen molar-refractivity contribution in [2.45, 2.75) is 13.5 Å². The predicted octanol–water partition coefficient (Wildman–Crippen LogP) is 2.80. The van der Waals surface area contributed by atoms with Crippen molar-refractivity contribution in [1.82, 2.24) is 15.6 Å². The van der Waals surface area contributed by atoms with Crippen LogP contribution in [0.1, 0.15) is 12.5 Å². The van der Waals surface area contributed by atoms with Crippen molar-refractivity contribution in [3.05, 3.63) is 35.0 Å². The van der Waals surface area contributed by atoms with Crippen LogP contribution in [0.25, 0.3) is 10.8 Å². The van der Waals surface area contributed by atoms with Gasteiger partial charge in [0.25, 0.3) is 0 Å². The van der Waals surface area contributed by atoms with Crippen molar-refractivity contribution in [3.63, 3.8) is 0 Å². The van der Waals surface area contributed by atoms with Crippen LogP contribution in [-0.4, -0.2) is 28.8 Å². The van der Waals surface area contributed by atoms with Crippen LogP contribution in [0.15, 0.2) is 24.4 Å². The molecule has 0 saturated carbocycles. The van der Waals surface area contributed by atoms with E-state index in [-0.39, 0.29) is 12.6 Å². The SMILES string of the molecule is CCNC(=O)Nc1cc2c(Cl)ccc(CNC(=O)O)c2cn1. The average Bonchev–Trinajstić information content (AvgIpc) is 2.47. The Bertz CT molecular complexity index is 721. The molecule has 22 heavy (non-hydrogen) atoms. The molecule has 1 aromatic carbocycles. The standard InChI is InChI=1S/C14H15ClN4O3/c1-2-16-13(20)19-12-5-9-10(7-17-12)8(3-4-11(9)15)6-18-14(21)22/h3-5,7,18H,2,6H2,1H3,(H,21,22)(H2,16,17,19,20). The fourth-order valence-electron chi connectivity index (χ4n) is 1.98. The maximum absolute atomic E-state index is 11.5. The van der Waals surface area contributed by atoms with Crippen LogP contribution in [0.5, 0.6) is 0 Å². The number of nitrogens with zero attached hydrogens (tertiary/aromatic N) is 1. The molecular weight excluding hydrogens is 308 g/mol. The molecule has 7 nitrogen and oxygen atoms in total. The predicted molar refractivity (Wildman–Crippen MR) is 84.3 cm³/mol. The number of halogens is 1. The van der Waals surface area contributed by atoms with Gasteiger partial charge in [-0.15, -0.1) is 0 Å². The number of nitrogens with one attached hydrogen (secondary N) is 3. The van der Waals surface area contributed by atoms with E-state index in [9.17, 15) is 9.59 Å². The Labute approximate surface area is 131 Å². The molecule has 0 fully saturated rings. The summed E-state index contributed by atoms with van der Waals surface area (Å²) < 4.78 is 0. The van der Waals surface area contributed by atoms with Gasteiger partial charge in [-0.25, -0.2) is 14.6 Å². The van der Waals surface area contributed by atoms with Crippen molar-refractivity contribution >= 4 is 40.3 Å². The van der Waals surface area contributed by atoms with Crippen LogP contribution < -0.4 is 16.0 Å². The summed E-state index contributed by atoms with van der Waals surface area (Å²) in [6.45, 7) is 2.46. The number of fused-ring (bicyclic) bond motifs is 1. The molecule has 0 spiro atoms. The molecule has 2 rings (SSSR count). The molecule has 4 N–H and O–H groups in total. The third-order valence-electron chi connectivity index (χ3n) is 2.95. The molecule has 8 heteroatoms. The number of hydrogen-bond acceptors (Lipinski definition) is 3. The van der Waals surface area contributed by atoms with Crippen molar-refractivity contribution in [2.24, 2.45) is 0 Å². The van der Waals surface area contributed by atoms with Crippen LogP contribution in [0, 0.1) is 0 Å². The van der Waals surface area contributed by atoms with E-state index in [1.807, 2.05) is 6.92 Å². The smallest absolute Gasteiger partial charge is 0.404 e. The molecule has 0 unspecified atom stereocenters. The van der Waals surface area contributed by atoms with E-state index >= 15 is 0 Å². The first-order chi connectivity index (χ1) is 10.5. The van der Waals surface area contributed by atoms with Gasteiger partial charge >= 0.3 is 12.1 Å². The monoisotopic (exact) mass is 322 g/mol. The summed E-state index contributed by atoms with van der Waals surface area (Å²) in [6, 6.07) is 4.71. The highest BCUT2D eigenvalue weighted by atomic mass is 35.5. The second-order valence-electron chi connectivity index (χ2n) is 4.46. The Kier molecular flexibility index (Phi) is 5.00. The molecule has 116 valence electrons. The van der Waals surface area contributed by atoms with Crippen molar-refractivity contribution in [1.29, 1.82) is 0 Å². The highest BCUT2D eigenvalue weighted by molar-refractivity contribution is 6.35. The van der Waals surface area contributed by atoms with Crippen molar-refractivity contribution in [3.8, 4) is 0 Å². The van der Waals surface area contributed by atoms with E-state index in [0.717, 1.165) is 10.9 Å². The quantitative estimate of drug-likeness (QED) is 0.695. The number of pyridine rings is 1. The van der Waals surface area contributed by atoms with Crippen molar-refractivity contribution in [2.75, 3.05) is 11.9 Å². The summed E-state index contributed by atoms with van der Waals surface area (Å²) in [4.78, 5) is 26.3. The Hall–Kier alpha value is -2.54. The van der Waals surface area contributed by atoms with E-state index in [2.05, 4.69) is 20.9 Å². The molecule has 1 heterocycles. The first kappa shape index (κ1) is 15.8. The van der Waals surface area contributed by atoms with Crippen LogP contribution in [-0.2, 0) is 6.54 Å². The number of benzene rings is 1. The highest BCUT2D eigenvalue weighted by Crippen LogP contribution is 2.28. The topological polar surface area (TPSA) is 103 Å². The molecule has 0 saturated heterocycles. The number of amides is 3. The zero-order valence-corrected chi connectivity index (χ0v) is 12.6. The first-order valence-corrected chi connectivity index (χ1v) is 6.98. The highest BCUT2D eigenvalue weighted by Gasteiger charge is 2.09. The van der Waals surface area contributed by atoms with E-state index in [4.69, 9.17) is 16.7 Å². The lowest BCUT2D eigenvalue weighted by atomic mass is 10.1. The summed E-state index contributed by atoms with van der Waals surface area (Å²) in [6.07, 6.45) is 0.451. The maximum Gasteiger partial charge on any atom is 0.404 e. The van der Waals surface area contributed by atoms with Gasteiger partial charge in [0.2, 0.25) is 0 Å². The fourth-order valence-corrected chi connectivity index (χ4v) is 2.20. The third kappa shape index (κ3) is 3.76. The summed E-state index contributed by atoms with van der Waals surface area (Å²) in [5.41, 5.74) is 0.749.